The summed E-state index contributed by atoms with van der Waals surface area (Å²) in [6.07, 6.45) is 0. The van der Waals surface area contributed by atoms with Gasteiger partial charge < -0.3 is 5.11 Å². The molecule has 1 N–H and O–H groups in total. The van der Waals surface area contributed by atoms with Gasteiger partial charge in [0.05, 0.1) is 5.69 Å². The van der Waals surface area contributed by atoms with E-state index in [1.807, 2.05) is 0 Å². The lowest BCUT2D eigenvalue weighted by atomic mass is 10.1. The van der Waals surface area contributed by atoms with Crippen LogP contribution in [-0.4, -0.2) is 21.0 Å². The molecule has 0 atom stereocenters. The van der Waals surface area contributed by atoms with Crippen LogP contribution in [0.15, 0.2) is 30.3 Å². The van der Waals surface area contributed by atoms with Crippen LogP contribution in [0, 0.1) is 12.7 Å². The summed E-state index contributed by atoms with van der Waals surface area (Å²) in [6.45, 7) is 1.68. The van der Waals surface area contributed by atoms with Gasteiger partial charge >= 0.3 is 5.97 Å². The van der Waals surface area contributed by atoms with Crippen molar-refractivity contribution in [1.82, 2.24) is 9.97 Å². The molecule has 5 heteroatoms. The Bertz CT molecular complexity index is 567. The molecule has 17 heavy (non-hydrogen) atoms. The number of aromatic nitrogens is 2. The first-order chi connectivity index (χ1) is 8.06. The number of nitrogens with zero attached hydrogens (tertiary/aromatic N) is 2. The van der Waals surface area contributed by atoms with Crippen LogP contribution in [0.3, 0.4) is 0 Å². The maximum atomic E-state index is 12.8. The number of carboxylic acid groups (broad SMARTS) is 1. The van der Waals surface area contributed by atoms with Crippen LogP contribution in [0.4, 0.5) is 4.39 Å². The Balaban J connectivity index is 2.51. The highest BCUT2D eigenvalue weighted by Crippen LogP contribution is 2.18. The Hall–Kier alpha value is -2.30. The highest BCUT2D eigenvalue weighted by atomic mass is 19.1. The SMILES string of the molecule is Cc1cc(-c2ccc(F)cc2)nc(C(=O)O)n1. The van der Waals surface area contributed by atoms with E-state index in [0.717, 1.165) is 0 Å². The van der Waals surface area contributed by atoms with E-state index in [1.165, 1.54) is 12.1 Å². The van der Waals surface area contributed by atoms with Crippen molar-refractivity contribution < 1.29 is 14.3 Å². The fourth-order valence-corrected chi connectivity index (χ4v) is 1.43. The molecule has 1 heterocycles. The summed E-state index contributed by atoms with van der Waals surface area (Å²) in [5.74, 6) is -1.79. The second-order valence-electron chi connectivity index (χ2n) is 3.53. The molecule has 4 nitrogen and oxygen atoms in total. The van der Waals surface area contributed by atoms with Crippen molar-refractivity contribution in [2.45, 2.75) is 6.92 Å². The van der Waals surface area contributed by atoms with E-state index >= 15 is 0 Å². The zero-order valence-corrected chi connectivity index (χ0v) is 9.01. The zero-order valence-electron chi connectivity index (χ0n) is 9.01. The Kier molecular flexibility index (Phi) is 2.82. The third kappa shape index (κ3) is 2.44. The van der Waals surface area contributed by atoms with Crippen molar-refractivity contribution in [1.29, 1.82) is 0 Å². The highest BCUT2D eigenvalue weighted by Gasteiger charge is 2.10. The van der Waals surface area contributed by atoms with Crippen LogP contribution in [0.1, 0.15) is 16.3 Å². The first-order valence-electron chi connectivity index (χ1n) is 4.91. The van der Waals surface area contributed by atoms with Crippen molar-refractivity contribution in [3.05, 3.63) is 47.7 Å². The molecular weight excluding hydrogens is 223 g/mol. The molecule has 2 rings (SSSR count). The number of benzene rings is 1. The van der Waals surface area contributed by atoms with E-state index in [1.54, 1.807) is 25.1 Å². The molecule has 0 saturated carbocycles. The maximum Gasteiger partial charge on any atom is 0.373 e. The Morgan fingerprint density at radius 3 is 2.47 bits per heavy atom. The van der Waals surface area contributed by atoms with Gasteiger partial charge in [-0.3, -0.25) is 0 Å². The van der Waals surface area contributed by atoms with Gasteiger partial charge in [0, 0.05) is 11.3 Å². The molecule has 1 aromatic carbocycles. The molecular formula is C12H9FN2O2. The first-order valence-corrected chi connectivity index (χ1v) is 4.91. The van der Waals surface area contributed by atoms with E-state index < -0.39 is 5.97 Å². The predicted molar refractivity (Wildman–Crippen MR) is 59.1 cm³/mol. The number of hydrogen-bond acceptors (Lipinski definition) is 3. The molecule has 0 amide bonds. The van der Waals surface area contributed by atoms with Gasteiger partial charge in [0.2, 0.25) is 5.82 Å². The summed E-state index contributed by atoms with van der Waals surface area (Å²) in [5, 5.41) is 8.84. The number of aryl methyl sites for hydroxylation is 1. The average Bonchev–Trinajstić information content (AvgIpc) is 2.29. The van der Waals surface area contributed by atoms with E-state index in [2.05, 4.69) is 9.97 Å². The number of hydrogen-bond donors (Lipinski definition) is 1. The van der Waals surface area contributed by atoms with Crippen LogP contribution < -0.4 is 0 Å². The van der Waals surface area contributed by atoms with Gasteiger partial charge in [0.15, 0.2) is 0 Å². The number of aromatic carboxylic acids is 1. The van der Waals surface area contributed by atoms with Crippen LogP contribution in [-0.2, 0) is 0 Å². The van der Waals surface area contributed by atoms with E-state index in [9.17, 15) is 9.18 Å². The van der Waals surface area contributed by atoms with Gasteiger partial charge in [-0.1, -0.05) is 0 Å². The van der Waals surface area contributed by atoms with Crippen LogP contribution in [0.25, 0.3) is 11.3 Å². The van der Waals surface area contributed by atoms with Gasteiger partial charge in [0.25, 0.3) is 0 Å². The molecule has 0 radical (unpaired) electrons. The molecule has 1 aromatic heterocycles. The molecule has 0 saturated heterocycles. The number of carbonyl (C=O) groups is 1. The summed E-state index contributed by atoms with van der Waals surface area (Å²) in [6, 6.07) is 7.34. The Labute approximate surface area is 96.8 Å². The number of halogens is 1. The molecule has 0 aliphatic heterocycles. The highest BCUT2D eigenvalue weighted by molar-refractivity contribution is 5.84. The summed E-state index contributed by atoms with van der Waals surface area (Å²) < 4.78 is 12.8. The van der Waals surface area contributed by atoms with Crippen LogP contribution in [0.2, 0.25) is 0 Å². The number of carboxylic acids is 1. The standard InChI is InChI=1S/C12H9FN2O2/c1-7-6-10(15-11(14-7)12(16)17)8-2-4-9(13)5-3-8/h2-6H,1H3,(H,16,17). The largest absolute Gasteiger partial charge is 0.475 e. The van der Waals surface area contributed by atoms with E-state index in [0.29, 0.717) is 17.0 Å². The van der Waals surface area contributed by atoms with Gasteiger partial charge in [-0.15, -0.1) is 0 Å². The minimum absolute atomic E-state index is 0.260. The molecule has 0 unspecified atom stereocenters. The third-order valence-corrected chi connectivity index (χ3v) is 2.19. The molecule has 0 spiro atoms. The average molecular weight is 232 g/mol. The van der Waals surface area contributed by atoms with Crippen LogP contribution in [0.5, 0.6) is 0 Å². The lowest BCUT2D eigenvalue weighted by Gasteiger charge is -2.03. The van der Waals surface area contributed by atoms with Crippen molar-refractivity contribution >= 4 is 5.97 Å². The summed E-state index contributed by atoms with van der Waals surface area (Å²) in [5.41, 5.74) is 1.67. The second-order valence-corrected chi connectivity index (χ2v) is 3.53. The van der Waals surface area contributed by atoms with Crippen molar-refractivity contribution in [3.63, 3.8) is 0 Å². The zero-order chi connectivity index (χ0) is 12.4. The van der Waals surface area contributed by atoms with Crippen LogP contribution >= 0.6 is 0 Å². The second kappa shape index (κ2) is 4.29. The quantitative estimate of drug-likeness (QED) is 0.862. The maximum absolute atomic E-state index is 12.8. The molecule has 0 aliphatic rings. The minimum Gasteiger partial charge on any atom is -0.475 e. The Morgan fingerprint density at radius 1 is 1.24 bits per heavy atom. The van der Waals surface area contributed by atoms with Crippen molar-refractivity contribution in [3.8, 4) is 11.3 Å². The fourth-order valence-electron chi connectivity index (χ4n) is 1.43. The predicted octanol–water partition coefficient (Wildman–Crippen LogP) is 2.29. The van der Waals surface area contributed by atoms with Gasteiger partial charge in [-0.05, 0) is 37.3 Å². The van der Waals surface area contributed by atoms with E-state index in [-0.39, 0.29) is 11.6 Å². The van der Waals surface area contributed by atoms with Gasteiger partial charge in [-0.2, -0.15) is 0 Å². The van der Waals surface area contributed by atoms with Gasteiger partial charge in [0.1, 0.15) is 5.82 Å². The first kappa shape index (κ1) is 11.2. The fraction of sp³-hybridized carbons (Fsp3) is 0.0833. The van der Waals surface area contributed by atoms with E-state index in [4.69, 9.17) is 5.11 Å². The monoisotopic (exact) mass is 232 g/mol. The van der Waals surface area contributed by atoms with Crippen molar-refractivity contribution in [2.24, 2.45) is 0 Å². The van der Waals surface area contributed by atoms with Crippen molar-refractivity contribution in [2.75, 3.05) is 0 Å². The van der Waals surface area contributed by atoms with Gasteiger partial charge in [-0.25, -0.2) is 19.2 Å². The molecule has 0 fully saturated rings. The topological polar surface area (TPSA) is 63.1 Å². The molecule has 0 aliphatic carbocycles. The lowest BCUT2D eigenvalue weighted by Crippen LogP contribution is -2.06. The smallest absolute Gasteiger partial charge is 0.373 e. The Morgan fingerprint density at radius 2 is 1.88 bits per heavy atom. The molecule has 2 aromatic rings. The summed E-state index contributed by atoms with van der Waals surface area (Å²) in [7, 11) is 0. The number of rotatable bonds is 2. The minimum atomic E-state index is -1.18. The third-order valence-electron chi connectivity index (χ3n) is 2.19. The normalized spacial score (nSPS) is 10.2. The molecule has 0 bridgehead atoms. The summed E-state index contributed by atoms with van der Waals surface area (Å²) in [4.78, 5) is 18.5. The lowest BCUT2D eigenvalue weighted by molar-refractivity contribution is 0.0683. The summed E-state index contributed by atoms with van der Waals surface area (Å²) >= 11 is 0. The molecule has 86 valence electrons.